The SMILES string of the molecule is Cc1cc(Nc2c(C(C)C)cccc2C(C)C)nc(NCc2ccccn2)n1. The number of hydrogen-bond acceptors (Lipinski definition) is 5. The summed E-state index contributed by atoms with van der Waals surface area (Å²) in [5.41, 5.74) is 5.61. The van der Waals surface area contributed by atoms with E-state index in [4.69, 9.17) is 0 Å². The smallest absolute Gasteiger partial charge is 0.225 e. The Hall–Kier alpha value is -2.95. The Labute approximate surface area is 167 Å². The van der Waals surface area contributed by atoms with Crippen molar-refractivity contribution in [1.29, 1.82) is 0 Å². The summed E-state index contributed by atoms with van der Waals surface area (Å²) in [5.74, 6) is 2.24. The van der Waals surface area contributed by atoms with E-state index in [0.29, 0.717) is 24.3 Å². The van der Waals surface area contributed by atoms with Gasteiger partial charge in [0.2, 0.25) is 5.95 Å². The molecule has 0 saturated carbocycles. The van der Waals surface area contributed by atoms with Crippen molar-refractivity contribution >= 4 is 17.5 Å². The first-order chi connectivity index (χ1) is 13.4. The lowest BCUT2D eigenvalue weighted by Crippen LogP contribution is -2.09. The highest BCUT2D eigenvalue weighted by molar-refractivity contribution is 5.67. The minimum Gasteiger partial charge on any atom is -0.349 e. The molecule has 0 aliphatic heterocycles. The number of pyridine rings is 1. The van der Waals surface area contributed by atoms with Crippen LogP contribution in [0.2, 0.25) is 0 Å². The first kappa shape index (κ1) is 19.8. The molecule has 0 radical (unpaired) electrons. The third kappa shape index (κ3) is 4.85. The molecule has 0 amide bonds. The summed E-state index contributed by atoms with van der Waals surface area (Å²) in [6, 6.07) is 14.4. The van der Waals surface area contributed by atoms with Crippen molar-refractivity contribution in [2.75, 3.05) is 10.6 Å². The minimum absolute atomic E-state index is 0.422. The molecule has 28 heavy (non-hydrogen) atoms. The van der Waals surface area contributed by atoms with E-state index in [1.807, 2.05) is 31.2 Å². The number of hydrogen-bond donors (Lipinski definition) is 2. The van der Waals surface area contributed by atoms with E-state index < -0.39 is 0 Å². The van der Waals surface area contributed by atoms with Gasteiger partial charge in [-0.3, -0.25) is 4.98 Å². The van der Waals surface area contributed by atoms with Crippen molar-refractivity contribution in [2.45, 2.75) is 53.0 Å². The summed E-state index contributed by atoms with van der Waals surface area (Å²) in [6.07, 6.45) is 1.79. The van der Waals surface area contributed by atoms with E-state index in [-0.39, 0.29) is 0 Å². The van der Waals surface area contributed by atoms with Crippen LogP contribution in [0.25, 0.3) is 0 Å². The van der Waals surface area contributed by atoms with Crippen LogP contribution < -0.4 is 10.6 Å². The molecule has 2 aromatic heterocycles. The average Bonchev–Trinajstić information content (AvgIpc) is 2.66. The fourth-order valence-electron chi connectivity index (χ4n) is 3.21. The van der Waals surface area contributed by atoms with Crippen molar-refractivity contribution in [2.24, 2.45) is 0 Å². The quantitative estimate of drug-likeness (QED) is 0.548. The molecule has 0 spiro atoms. The summed E-state index contributed by atoms with van der Waals surface area (Å²) in [4.78, 5) is 13.5. The Balaban J connectivity index is 1.88. The maximum absolute atomic E-state index is 4.68. The third-order valence-electron chi connectivity index (χ3n) is 4.63. The molecular formula is C23H29N5. The first-order valence-electron chi connectivity index (χ1n) is 9.83. The molecule has 0 aliphatic carbocycles. The van der Waals surface area contributed by atoms with Crippen LogP contribution in [0, 0.1) is 6.92 Å². The van der Waals surface area contributed by atoms with Crippen LogP contribution in [0.1, 0.15) is 62.0 Å². The number of para-hydroxylation sites is 1. The second kappa shape index (κ2) is 8.83. The highest BCUT2D eigenvalue weighted by atomic mass is 15.1. The molecule has 3 rings (SSSR count). The van der Waals surface area contributed by atoms with E-state index in [1.165, 1.54) is 11.1 Å². The molecule has 0 atom stereocenters. The van der Waals surface area contributed by atoms with Gasteiger partial charge < -0.3 is 10.6 Å². The average molecular weight is 376 g/mol. The lowest BCUT2D eigenvalue weighted by molar-refractivity contribution is 0.837. The predicted molar refractivity (Wildman–Crippen MR) is 116 cm³/mol. The molecule has 1 aromatic carbocycles. The second-order valence-electron chi connectivity index (χ2n) is 7.64. The molecule has 5 nitrogen and oxygen atoms in total. The fraction of sp³-hybridized carbons (Fsp3) is 0.348. The molecule has 0 bridgehead atoms. The maximum atomic E-state index is 4.68. The van der Waals surface area contributed by atoms with Gasteiger partial charge in [0, 0.05) is 23.6 Å². The molecule has 3 aromatic rings. The van der Waals surface area contributed by atoms with Gasteiger partial charge in [0.15, 0.2) is 0 Å². The Morgan fingerprint density at radius 3 is 2.21 bits per heavy atom. The van der Waals surface area contributed by atoms with E-state index in [9.17, 15) is 0 Å². The number of aryl methyl sites for hydroxylation is 1. The predicted octanol–water partition coefficient (Wildman–Crippen LogP) is 5.78. The Bertz CT molecular complexity index is 893. The summed E-state index contributed by atoms with van der Waals surface area (Å²) in [7, 11) is 0. The number of nitrogens with zero attached hydrogens (tertiary/aromatic N) is 3. The van der Waals surface area contributed by atoms with Crippen LogP contribution >= 0.6 is 0 Å². The van der Waals surface area contributed by atoms with Gasteiger partial charge in [0.1, 0.15) is 5.82 Å². The molecule has 0 unspecified atom stereocenters. The third-order valence-corrected chi connectivity index (χ3v) is 4.63. The van der Waals surface area contributed by atoms with Gasteiger partial charge in [-0.25, -0.2) is 4.98 Å². The van der Waals surface area contributed by atoms with Crippen LogP contribution in [0.4, 0.5) is 17.5 Å². The Morgan fingerprint density at radius 1 is 0.893 bits per heavy atom. The summed E-state index contributed by atoms with van der Waals surface area (Å²) >= 11 is 0. The van der Waals surface area contributed by atoms with E-state index in [1.54, 1.807) is 6.20 Å². The van der Waals surface area contributed by atoms with Gasteiger partial charge in [0.05, 0.1) is 12.2 Å². The number of aromatic nitrogens is 3. The zero-order valence-corrected chi connectivity index (χ0v) is 17.3. The zero-order valence-electron chi connectivity index (χ0n) is 17.3. The number of nitrogens with one attached hydrogen (secondary N) is 2. The van der Waals surface area contributed by atoms with Crippen molar-refractivity contribution in [3.63, 3.8) is 0 Å². The van der Waals surface area contributed by atoms with Gasteiger partial charge in [-0.15, -0.1) is 0 Å². The van der Waals surface area contributed by atoms with Gasteiger partial charge in [-0.05, 0) is 42.0 Å². The Kier molecular flexibility index (Phi) is 6.24. The van der Waals surface area contributed by atoms with Crippen LogP contribution in [0.15, 0.2) is 48.7 Å². The fourth-order valence-corrected chi connectivity index (χ4v) is 3.21. The maximum Gasteiger partial charge on any atom is 0.225 e. The molecule has 146 valence electrons. The standard InChI is InChI=1S/C23H29N5/c1-15(2)19-10-8-11-20(16(3)4)22(19)27-21-13-17(5)26-23(28-21)25-14-18-9-6-7-12-24-18/h6-13,15-16H,14H2,1-5H3,(H2,25,26,27,28). The normalized spacial score (nSPS) is 11.1. The van der Waals surface area contributed by atoms with Gasteiger partial charge in [-0.2, -0.15) is 4.98 Å². The number of rotatable bonds is 7. The largest absolute Gasteiger partial charge is 0.349 e. The van der Waals surface area contributed by atoms with Crippen LogP contribution in [0.5, 0.6) is 0 Å². The Morgan fingerprint density at radius 2 is 1.61 bits per heavy atom. The summed E-state index contributed by atoms with van der Waals surface area (Å²) < 4.78 is 0. The highest BCUT2D eigenvalue weighted by Gasteiger charge is 2.15. The lowest BCUT2D eigenvalue weighted by Gasteiger charge is -2.21. The molecule has 0 saturated heterocycles. The monoisotopic (exact) mass is 375 g/mol. The lowest BCUT2D eigenvalue weighted by atomic mass is 9.92. The van der Waals surface area contributed by atoms with Crippen molar-refractivity contribution in [3.8, 4) is 0 Å². The summed E-state index contributed by atoms with van der Waals surface area (Å²) in [6.45, 7) is 11.4. The van der Waals surface area contributed by atoms with Gasteiger partial charge >= 0.3 is 0 Å². The zero-order chi connectivity index (χ0) is 20.1. The number of benzene rings is 1. The molecule has 2 heterocycles. The van der Waals surface area contributed by atoms with Crippen LogP contribution in [0.3, 0.4) is 0 Å². The number of anilines is 3. The van der Waals surface area contributed by atoms with Crippen molar-refractivity contribution < 1.29 is 0 Å². The second-order valence-corrected chi connectivity index (χ2v) is 7.64. The topological polar surface area (TPSA) is 62.7 Å². The molecule has 2 N–H and O–H groups in total. The van der Waals surface area contributed by atoms with Crippen LogP contribution in [-0.4, -0.2) is 15.0 Å². The highest BCUT2D eigenvalue weighted by Crippen LogP contribution is 2.34. The first-order valence-corrected chi connectivity index (χ1v) is 9.83. The molecule has 0 fully saturated rings. The van der Waals surface area contributed by atoms with Gasteiger partial charge in [-0.1, -0.05) is 52.0 Å². The van der Waals surface area contributed by atoms with E-state index in [2.05, 4.69) is 71.5 Å². The summed E-state index contributed by atoms with van der Waals surface area (Å²) in [5, 5.41) is 6.85. The van der Waals surface area contributed by atoms with E-state index >= 15 is 0 Å². The van der Waals surface area contributed by atoms with E-state index in [0.717, 1.165) is 22.9 Å². The minimum atomic E-state index is 0.422. The van der Waals surface area contributed by atoms with Crippen molar-refractivity contribution in [1.82, 2.24) is 15.0 Å². The van der Waals surface area contributed by atoms with Crippen LogP contribution in [-0.2, 0) is 6.54 Å². The molecular weight excluding hydrogens is 346 g/mol. The van der Waals surface area contributed by atoms with Crippen molar-refractivity contribution in [3.05, 3.63) is 71.2 Å². The van der Waals surface area contributed by atoms with Gasteiger partial charge in [0.25, 0.3) is 0 Å². The molecule has 0 aliphatic rings. The molecule has 5 heteroatoms.